The zero-order valence-electron chi connectivity index (χ0n) is 12.6. The minimum Gasteiger partial charge on any atom is -0.358 e. The number of amidine groups is 1. The maximum atomic E-state index is 12.0. The molecule has 22 heavy (non-hydrogen) atoms. The number of sulfonamides is 1. The van der Waals surface area contributed by atoms with E-state index in [4.69, 9.17) is 0 Å². The summed E-state index contributed by atoms with van der Waals surface area (Å²) in [6, 6.07) is 6.95. The predicted molar refractivity (Wildman–Crippen MR) is 84.4 cm³/mol. The van der Waals surface area contributed by atoms with Gasteiger partial charge in [-0.2, -0.15) is 8.42 Å². The summed E-state index contributed by atoms with van der Waals surface area (Å²) >= 11 is 0. The lowest BCUT2D eigenvalue weighted by molar-refractivity contribution is 0.462. The van der Waals surface area contributed by atoms with E-state index >= 15 is 0 Å². The van der Waals surface area contributed by atoms with Crippen molar-refractivity contribution in [1.82, 2.24) is 14.5 Å². The average Bonchev–Trinajstić information content (AvgIpc) is 3.01. The van der Waals surface area contributed by atoms with E-state index in [0.717, 1.165) is 25.3 Å². The highest BCUT2D eigenvalue weighted by Crippen LogP contribution is 2.26. The molecule has 0 atom stereocenters. The van der Waals surface area contributed by atoms with Gasteiger partial charge in [-0.15, -0.1) is 4.40 Å². The first-order chi connectivity index (χ1) is 10.5. The fraction of sp³-hybridized carbons (Fsp3) is 0.333. The summed E-state index contributed by atoms with van der Waals surface area (Å²) in [5, 5.41) is 0. The third kappa shape index (κ3) is 2.64. The van der Waals surface area contributed by atoms with E-state index in [-0.39, 0.29) is 0 Å². The molecule has 3 rings (SSSR count). The van der Waals surface area contributed by atoms with Crippen LogP contribution >= 0.6 is 0 Å². The SMILES string of the molecule is Cc1nccn1CCCN(C)C1=NS(=O)(=O)c2ccccc21. The lowest BCUT2D eigenvalue weighted by Gasteiger charge is -2.19. The first kappa shape index (κ1) is 14.8. The average molecular weight is 318 g/mol. The standard InChI is InChI=1S/C15H18N4O2S/c1-12-16-8-11-19(12)10-5-9-18(2)15-13-6-3-4-7-14(13)22(20,21)17-15/h3-4,6-8,11H,5,9-10H2,1-2H3. The van der Waals surface area contributed by atoms with Crippen molar-refractivity contribution in [3.05, 3.63) is 48.0 Å². The topological polar surface area (TPSA) is 67.6 Å². The van der Waals surface area contributed by atoms with E-state index in [0.29, 0.717) is 16.3 Å². The molecule has 2 aromatic rings. The highest BCUT2D eigenvalue weighted by atomic mass is 32.2. The number of rotatable bonds is 4. The Kier molecular flexibility index (Phi) is 3.74. The fourth-order valence-corrected chi connectivity index (χ4v) is 3.84. The summed E-state index contributed by atoms with van der Waals surface area (Å²) in [5.41, 5.74) is 0.684. The largest absolute Gasteiger partial charge is 0.358 e. The molecule has 0 aliphatic carbocycles. The second-order valence-corrected chi connectivity index (χ2v) is 6.90. The van der Waals surface area contributed by atoms with Crippen molar-refractivity contribution in [3.63, 3.8) is 0 Å². The smallest absolute Gasteiger partial charge is 0.285 e. The van der Waals surface area contributed by atoms with Crippen molar-refractivity contribution in [1.29, 1.82) is 0 Å². The number of nitrogens with zero attached hydrogens (tertiary/aromatic N) is 4. The molecule has 1 aromatic carbocycles. The lowest BCUT2D eigenvalue weighted by atomic mass is 10.2. The molecule has 6 nitrogen and oxygen atoms in total. The van der Waals surface area contributed by atoms with Gasteiger partial charge in [-0.3, -0.25) is 0 Å². The molecule has 7 heteroatoms. The number of hydrogen-bond acceptors (Lipinski definition) is 4. The van der Waals surface area contributed by atoms with E-state index in [9.17, 15) is 8.42 Å². The van der Waals surface area contributed by atoms with Crippen LogP contribution in [0.5, 0.6) is 0 Å². The van der Waals surface area contributed by atoms with Crippen LogP contribution in [0, 0.1) is 6.92 Å². The van der Waals surface area contributed by atoms with E-state index in [1.807, 2.05) is 31.1 Å². The van der Waals surface area contributed by atoms with Gasteiger partial charge in [0.2, 0.25) is 0 Å². The summed E-state index contributed by atoms with van der Waals surface area (Å²) in [4.78, 5) is 6.38. The van der Waals surface area contributed by atoms with Crippen LogP contribution < -0.4 is 0 Å². The summed E-state index contributed by atoms with van der Waals surface area (Å²) in [6.45, 7) is 3.53. The molecule has 2 heterocycles. The second-order valence-electron chi connectivity index (χ2n) is 5.33. The number of aromatic nitrogens is 2. The molecule has 0 saturated heterocycles. The van der Waals surface area contributed by atoms with Crippen LogP contribution in [-0.4, -0.2) is 42.3 Å². The Morgan fingerprint density at radius 1 is 1.27 bits per heavy atom. The van der Waals surface area contributed by atoms with Crippen LogP contribution in [0.15, 0.2) is 46.0 Å². The zero-order chi connectivity index (χ0) is 15.7. The van der Waals surface area contributed by atoms with Crippen LogP contribution in [0.25, 0.3) is 0 Å². The van der Waals surface area contributed by atoms with Gasteiger partial charge in [0, 0.05) is 38.1 Å². The van der Waals surface area contributed by atoms with Gasteiger partial charge >= 0.3 is 0 Å². The summed E-state index contributed by atoms with van der Waals surface area (Å²) in [5.74, 6) is 1.51. The van der Waals surface area contributed by atoms with Crippen LogP contribution in [0.4, 0.5) is 0 Å². The van der Waals surface area contributed by atoms with Gasteiger partial charge in [0.1, 0.15) is 16.6 Å². The van der Waals surface area contributed by atoms with E-state index in [2.05, 4.69) is 13.9 Å². The minimum atomic E-state index is -3.54. The molecular formula is C15H18N4O2S. The Morgan fingerprint density at radius 3 is 2.77 bits per heavy atom. The molecule has 1 aromatic heterocycles. The van der Waals surface area contributed by atoms with Crippen molar-refractivity contribution >= 4 is 15.9 Å². The molecule has 0 spiro atoms. The Bertz CT molecular complexity index is 824. The highest BCUT2D eigenvalue weighted by molar-refractivity contribution is 7.90. The number of hydrogen-bond donors (Lipinski definition) is 0. The van der Waals surface area contributed by atoms with Gasteiger partial charge in [-0.1, -0.05) is 12.1 Å². The summed E-state index contributed by atoms with van der Waals surface area (Å²) in [6.07, 6.45) is 4.61. The zero-order valence-corrected chi connectivity index (χ0v) is 13.4. The molecule has 0 fully saturated rings. The number of fused-ring (bicyclic) bond motifs is 1. The molecule has 116 valence electrons. The Balaban J connectivity index is 1.71. The predicted octanol–water partition coefficient (Wildman–Crippen LogP) is 1.66. The molecule has 0 N–H and O–H groups in total. The van der Waals surface area contributed by atoms with Crippen LogP contribution in [0.1, 0.15) is 17.8 Å². The molecule has 0 amide bonds. The summed E-state index contributed by atoms with van der Waals surface area (Å²) < 4.78 is 30.1. The molecule has 1 aliphatic rings. The number of imidazole rings is 1. The van der Waals surface area contributed by atoms with Gasteiger partial charge < -0.3 is 9.47 Å². The first-order valence-corrected chi connectivity index (χ1v) is 8.56. The maximum Gasteiger partial charge on any atom is 0.285 e. The van der Waals surface area contributed by atoms with Crippen molar-refractivity contribution in [3.8, 4) is 0 Å². The maximum absolute atomic E-state index is 12.0. The van der Waals surface area contributed by atoms with Crippen molar-refractivity contribution in [2.75, 3.05) is 13.6 Å². The van der Waals surface area contributed by atoms with E-state index in [1.165, 1.54) is 0 Å². The number of benzene rings is 1. The fourth-order valence-electron chi connectivity index (χ4n) is 2.59. The quantitative estimate of drug-likeness (QED) is 0.860. The molecular weight excluding hydrogens is 300 g/mol. The van der Waals surface area contributed by atoms with Gasteiger partial charge in [0.15, 0.2) is 0 Å². The Morgan fingerprint density at radius 2 is 2.05 bits per heavy atom. The molecule has 0 unspecified atom stereocenters. The van der Waals surface area contributed by atoms with E-state index in [1.54, 1.807) is 24.4 Å². The second kappa shape index (κ2) is 5.57. The molecule has 0 radical (unpaired) electrons. The van der Waals surface area contributed by atoms with Crippen molar-refractivity contribution in [2.24, 2.45) is 4.40 Å². The monoisotopic (exact) mass is 318 g/mol. The van der Waals surface area contributed by atoms with Gasteiger partial charge in [-0.25, -0.2) is 4.98 Å². The van der Waals surface area contributed by atoms with Crippen molar-refractivity contribution < 1.29 is 8.42 Å². The molecule has 1 aliphatic heterocycles. The highest BCUT2D eigenvalue weighted by Gasteiger charge is 2.30. The lowest BCUT2D eigenvalue weighted by Crippen LogP contribution is -2.28. The van der Waals surface area contributed by atoms with E-state index < -0.39 is 10.0 Å². The van der Waals surface area contributed by atoms with Crippen molar-refractivity contribution in [2.45, 2.75) is 24.8 Å². The summed E-state index contributed by atoms with van der Waals surface area (Å²) in [7, 11) is -1.67. The van der Waals surface area contributed by atoms with Gasteiger partial charge in [-0.05, 0) is 25.5 Å². The first-order valence-electron chi connectivity index (χ1n) is 7.12. The van der Waals surface area contributed by atoms with Gasteiger partial charge in [0.05, 0.1) is 0 Å². The Labute approximate surface area is 130 Å². The normalized spacial score (nSPS) is 15.5. The molecule has 0 bridgehead atoms. The third-order valence-corrected chi connectivity index (χ3v) is 5.12. The third-order valence-electron chi connectivity index (χ3n) is 3.79. The number of aryl methyl sites for hydroxylation is 2. The van der Waals surface area contributed by atoms with Crippen LogP contribution in [0.3, 0.4) is 0 Å². The van der Waals surface area contributed by atoms with Gasteiger partial charge in [0.25, 0.3) is 10.0 Å². The van der Waals surface area contributed by atoms with Crippen LogP contribution in [0.2, 0.25) is 0 Å². The molecule has 0 saturated carbocycles. The van der Waals surface area contributed by atoms with Crippen LogP contribution in [-0.2, 0) is 16.6 Å². The Hall–Kier alpha value is -2.15. The minimum absolute atomic E-state index is 0.294.